The molecule has 0 amide bonds. The third-order valence-corrected chi connectivity index (χ3v) is 3.59. The standard InChI is InChI=1S/C12H10O.C9H10O2/c1-9(13)11-8-4-6-10-5-2-3-7-12(10)11;10-8-11-7-6-9-4-2-1-3-5-9/h2-8H,1H3;1-5,8H,6-7H2. The van der Waals surface area contributed by atoms with E-state index in [0.717, 1.165) is 22.8 Å². The zero-order chi connectivity index (χ0) is 17.2. The second-order valence-electron chi connectivity index (χ2n) is 5.29. The number of fused-ring (bicyclic) bond motifs is 1. The third kappa shape index (κ3) is 5.06. The Bertz CT molecular complexity index is 789. The number of carbonyl (C=O) groups excluding carboxylic acids is 2. The van der Waals surface area contributed by atoms with Gasteiger partial charge in [-0.1, -0.05) is 72.8 Å². The number of rotatable bonds is 5. The summed E-state index contributed by atoms with van der Waals surface area (Å²) < 4.78 is 4.56. The zero-order valence-electron chi connectivity index (χ0n) is 13.6. The van der Waals surface area contributed by atoms with Crippen molar-refractivity contribution >= 4 is 23.0 Å². The molecule has 0 unspecified atom stereocenters. The Labute approximate surface area is 141 Å². The van der Waals surface area contributed by atoms with Gasteiger partial charge in [-0.3, -0.25) is 9.59 Å². The number of Topliss-reactive ketones (excluding diaryl/α,β-unsaturated/α-hetero) is 1. The summed E-state index contributed by atoms with van der Waals surface area (Å²) in [5.74, 6) is 0.122. The van der Waals surface area contributed by atoms with Crippen LogP contribution in [-0.2, 0) is 16.0 Å². The molecule has 0 saturated heterocycles. The molecule has 24 heavy (non-hydrogen) atoms. The number of hydrogen-bond acceptors (Lipinski definition) is 3. The lowest BCUT2D eigenvalue weighted by Crippen LogP contribution is -1.95. The average molecular weight is 320 g/mol. The second-order valence-corrected chi connectivity index (χ2v) is 5.29. The van der Waals surface area contributed by atoms with Crippen LogP contribution < -0.4 is 0 Å². The van der Waals surface area contributed by atoms with Crippen molar-refractivity contribution in [1.82, 2.24) is 0 Å². The molecule has 0 fully saturated rings. The van der Waals surface area contributed by atoms with Gasteiger partial charge in [-0.2, -0.15) is 0 Å². The normalized spacial score (nSPS) is 9.71. The summed E-state index contributed by atoms with van der Waals surface area (Å²) in [6, 6.07) is 23.6. The highest BCUT2D eigenvalue weighted by molar-refractivity contribution is 6.06. The van der Waals surface area contributed by atoms with Crippen molar-refractivity contribution in [2.75, 3.05) is 6.61 Å². The lowest BCUT2D eigenvalue weighted by molar-refractivity contribution is -0.128. The first-order chi connectivity index (χ1) is 11.7. The maximum absolute atomic E-state index is 11.3. The van der Waals surface area contributed by atoms with Crippen LogP contribution in [0.5, 0.6) is 0 Å². The van der Waals surface area contributed by atoms with Crippen molar-refractivity contribution in [3.05, 3.63) is 83.9 Å². The van der Waals surface area contributed by atoms with Gasteiger partial charge in [0, 0.05) is 12.0 Å². The van der Waals surface area contributed by atoms with Crippen LogP contribution in [0.3, 0.4) is 0 Å². The van der Waals surface area contributed by atoms with Crippen LogP contribution in [0.4, 0.5) is 0 Å². The molecule has 3 heteroatoms. The molecule has 0 aromatic heterocycles. The molecule has 0 spiro atoms. The Morgan fingerprint density at radius 3 is 2.29 bits per heavy atom. The summed E-state index contributed by atoms with van der Waals surface area (Å²) in [6.45, 7) is 2.54. The Balaban J connectivity index is 0.000000177. The van der Waals surface area contributed by atoms with Gasteiger partial charge in [-0.25, -0.2) is 0 Å². The molecule has 0 saturated carbocycles. The van der Waals surface area contributed by atoms with Crippen molar-refractivity contribution < 1.29 is 14.3 Å². The molecule has 0 aliphatic heterocycles. The summed E-state index contributed by atoms with van der Waals surface area (Å²) in [7, 11) is 0. The molecule has 0 N–H and O–H groups in total. The SMILES string of the molecule is CC(=O)c1cccc2ccccc12.O=COCCc1ccccc1. The molecule has 0 atom stereocenters. The molecular formula is C21H20O3. The fraction of sp³-hybridized carbons (Fsp3) is 0.143. The van der Waals surface area contributed by atoms with Crippen LogP contribution in [-0.4, -0.2) is 18.9 Å². The van der Waals surface area contributed by atoms with E-state index in [2.05, 4.69) is 4.74 Å². The number of ether oxygens (including phenoxy) is 1. The Morgan fingerprint density at radius 2 is 1.58 bits per heavy atom. The summed E-state index contributed by atoms with van der Waals surface area (Å²) in [6.07, 6.45) is 0.791. The van der Waals surface area contributed by atoms with E-state index in [4.69, 9.17) is 0 Å². The minimum Gasteiger partial charge on any atom is -0.468 e. The molecule has 0 aliphatic carbocycles. The predicted molar refractivity (Wildman–Crippen MR) is 96.1 cm³/mol. The third-order valence-electron chi connectivity index (χ3n) is 3.59. The van der Waals surface area contributed by atoms with E-state index < -0.39 is 0 Å². The Morgan fingerprint density at radius 1 is 0.917 bits per heavy atom. The molecule has 0 aliphatic rings. The van der Waals surface area contributed by atoms with Gasteiger partial charge >= 0.3 is 0 Å². The smallest absolute Gasteiger partial charge is 0.293 e. The van der Waals surface area contributed by atoms with Gasteiger partial charge in [0.05, 0.1) is 6.61 Å². The quantitative estimate of drug-likeness (QED) is 0.396. The zero-order valence-corrected chi connectivity index (χ0v) is 13.6. The number of hydrogen-bond donors (Lipinski definition) is 0. The van der Waals surface area contributed by atoms with Crippen molar-refractivity contribution in [1.29, 1.82) is 0 Å². The number of ketones is 1. The maximum Gasteiger partial charge on any atom is 0.293 e. The lowest BCUT2D eigenvalue weighted by atomic mass is 10.0. The van der Waals surface area contributed by atoms with Crippen molar-refractivity contribution in [2.45, 2.75) is 13.3 Å². The van der Waals surface area contributed by atoms with Gasteiger partial charge in [-0.15, -0.1) is 0 Å². The lowest BCUT2D eigenvalue weighted by Gasteiger charge is -2.01. The second kappa shape index (κ2) is 9.26. The first-order valence-corrected chi connectivity index (χ1v) is 7.80. The fourth-order valence-electron chi connectivity index (χ4n) is 2.40. The van der Waals surface area contributed by atoms with Gasteiger partial charge in [0.2, 0.25) is 0 Å². The highest BCUT2D eigenvalue weighted by atomic mass is 16.5. The van der Waals surface area contributed by atoms with Gasteiger partial charge in [0.15, 0.2) is 5.78 Å². The first-order valence-electron chi connectivity index (χ1n) is 7.80. The molecule has 0 heterocycles. The van der Waals surface area contributed by atoms with Crippen LogP contribution in [0.2, 0.25) is 0 Å². The van der Waals surface area contributed by atoms with E-state index in [0.29, 0.717) is 13.1 Å². The van der Waals surface area contributed by atoms with Crippen molar-refractivity contribution in [3.63, 3.8) is 0 Å². The minimum absolute atomic E-state index is 0.122. The largest absolute Gasteiger partial charge is 0.468 e. The summed E-state index contributed by atoms with van der Waals surface area (Å²) in [5.41, 5.74) is 1.99. The van der Waals surface area contributed by atoms with Crippen LogP contribution in [0.1, 0.15) is 22.8 Å². The average Bonchev–Trinajstić information content (AvgIpc) is 2.63. The summed E-state index contributed by atoms with van der Waals surface area (Å²) >= 11 is 0. The number of carbonyl (C=O) groups is 2. The fourth-order valence-corrected chi connectivity index (χ4v) is 2.40. The maximum atomic E-state index is 11.3. The molecule has 3 nitrogen and oxygen atoms in total. The van der Waals surface area contributed by atoms with Gasteiger partial charge < -0.3 is 4.74 Å². The van der Waals surface area contributed by atoms with Gasteiger partial charge in [0.25, 0.3) is 6.47 Å². The highest BCUT2D eigenvalue weighted by Crippen LogP contribution is 2.18. The van der Waals surface area contributed by atoms with E-state index in [1.165, 1.54) is 5.56 Å². The van der Waals surface area contributed by atoms with Gasteiger partial charge in [0.1, 0.15) is 0 Å². The van der Waals surface area contributed by atoms with Gasteiger partial charge in [-0.05, 0) is 23.3 Å². The van der Waals surface area contributed by atoms with E-state index in [1.54, 1.807) is 6.92 Å². The Kier molecular flexibility index (Phi) is 6.72. The topological polar surface area (TPSA) is 43.4 Å². The van der Waals surface area contributed by atoms with E-state index >= 15 is 0 Å². The molecule has 3 aromatic rings. The van der Waals surface area contributed by atoms with Crippen molar-refractivity contribution in [2.24, 2.45) is 0 Å². The summed E-state index contributed by atoms with van der Waals surface area (Å²) in [5, 5.41) is 2.16. The van der Waals surface area contributed by atoms with Crippen LogP contribution in [0.15, 0.2) is 72.8 Å². The molecular weight excluding hydrogens is 300 g/mol. The van der Waals surface area contributed by atoms with Crippen molar-refractivity contribution in [3.8, 4) is 0 Å². The predicted octanol–water partition coefficient (Wildman–Crippen LogP) is 4.44. The van der Waals surface area contributed by atoms with E-state index in [1.807, 2.05) is 72.8 Å². The molecule has 3 aromatic carbocycles. The number of benzene rings is 3. The molecule has 0 bridgehead atoms. The first kappa shape index (κ1) is 17.4. The molecule has 0 radical (unpaired) electrons. The van der Waals surface area contributed by atoms with Crippen LogP contribution in [0.25, 0.3) is 10.8 Å². The van der Waals surface area contributed by atoms with Crippen LogP contribution >= 0.6 is 0 Å². The minimum atomic E-state index is 0.122. The van der Waals surface area contributed by atoms with E-state index in [9.17, 15) is 9.59 Å². The highest BCUT2D eigenvalue weighted by Gasteiger charge is 2.02. The molecule has 3 rings (SSSR count). The summed E-state index contributed by atoms with van der Waals surface area (Å²) in [4.78, 5) is 21.0. The Hall–Kier alpha value is -2.94. The monoisotopic (exact) mass is 320 g/mol. The molecule has 122 valence electrons. The van der Waals surface area contributed by atoms with Crippen LogP contribution in [0, 0.1) is 0 Å². The van der Waals surface area contributed by atoms with E-state index in [-0.39, 0.29) is 5.78 Å².